The summed E-state index contributed by atoms with van der Waals surface area (Å²) < 4.78 is 26.7. The van der Waals surface area contributed by atoms with Crippen molar-refractivity contribution in [3.8, 4) is 0 Å². The molecule has 0 aromatic heterocycles. The van der Waals surface area contributed by atoms with Gasteiger partial charge >= 0.3 is 0 Å². The molecule has 1 saturated carbocycles. The van der Waals surface area contributed by atoms with Gasteiger partial charge in [-0.2, -0.15) is 0 Å². The van der Waals surface area contributed by atoms with Gasteiger partial charge in [-0.15, -0.1) is 0 Å². The molecule has 1 fully saturated rings. The van der Waals surface area contributed by atoms with Crippen molar-refractivity contribution in [1.82, 2.24) is 14.7 Å². The van der Waals surface area contributed by atoms with Crippen LogP contribution in [-0.2, 0) is 19.7 Å². The Balaban J connectivity index is 1.85. The number of halogens is 2. The number of nitrogens with one attached hydrogen (secondary N) is 1. The number of benzene rings is 2. The van der Waals surface area contributed by atoms with Gasteiger partial charge in [-0.1, -0.05) is 80.7 Å². The summed E-state index contributed by atoms with van der Waals surface area (Å²) in [5.41, 5.74) is 4.94. The normalized spacial score (nSPS) is 23.4. The highest BCUT2D eigenvalue weighted by Crippen LogP contribution is 2.48. The fraction of sp³-hybridized carbons (Fsp3) is 0.484. The standard InChI is InChI=1S/C31H39Cl2N3O5S/c1-6-19(2)20(3)18-41-34-30(37)28-22-11-7-8-12-23(22)31(38)36(29(28)24-16-15-21(32)17-25(24)33)27-14-10-9-13-26(27)35(4)42(5,39)40/h7-8,11-12,15-17,19,26-29H,3,6,9-10,13-14,18H2,1-2,4-5H3,(H,34,37)/t19?,26-,27-,28+,29-/m0/s1. The Hall–Kier alpha value is -2.43. The van der Waals surface area contributed by atoms with E-state index in [9.17, 15) is 18.0 Å². The summed E-state index contributed by atoms with van der Waals surface area (Å²) in [5.74, 6) is -1.41. The molecule has 0 saturated heterocycles. The van der Waals surface area contributed by atoms with Crippen LogP contribution in [0.2, 0.25) is 10.0 Å². The number of carbonyl (C=O) groups is 2. The van der Waals surface area contributed by atoms with Crippen LogP contribution in [0.1, 0.15) is 79.4 Å². The average Bonchev–Trinajstić information content (AvgIpc) is 2.95. The highest BCUT2D eigenvalue weighted by molar-refractivity contribution is 7.88. The predicted octanol–water partition coefficient (Wildman–Crippen LogP) is 6.13. The number of carbonyl (C=O) groups excluding carboxylic acids is 2. The molecular formula is C31H39Cl2N3O5S. The first-order chi connectivity index (χ1) is 19.9. The van der Waals surface area contributed by atoms with Crippen molar-refractivity contribution in [2.75, 3.05) is 19.9 Å². The van der Waals surface area contributed by atoms with Crippen LogP contribution in [0.25, 0.3) is 0 Å². The van der Waals surface area contributed by atoms with Crippen molar-refractivity contribution in [2.45, 2.75) is 70.0 Å². The second-order valence-corrected chi connectivity index (χ2v) is 14.2. The molecular weight excluding hydrogens is 597 g/mol. The van der Waals surface area contributed by atoms with Gasteiger partial charge < -0.3 is 4.90 Å². The van der Waals surface area contributed by atoms with E-state index in [2.05, 4.69) is 19.0 Å². The molecule has 2 aromatic rings. The molecule has 1 aliphatic heterocycles. The maximum Gasteiger partial charge on any atom is 0.255 e. The lowest BCUT2D eigenvalue weighted by atomic mass is 9.76. The van der Waals surface area contributed by atoms with Crippen molar-refractivity contribution >= 4 is 45.0 Å². The van der Waals surface area contributed by atoms with Crippen LogP contribution in [0, 0.1) is 5.92 Å². The highest BCUT2D eigenvalue weighted by Gasteiger charge is 2.50. The number of rotatable bonds is 10. The third-order valence-corrected chi connectivity index (χ3v) is 10.6. The van der Waals surface area contributed by atoms with E-state index < -0.39 is 40.0 Å². The molecule has 0 bridgehead atoms. The van der Waals surface area contributed by atoms with Crippen LogP contribution in [0.5, 0.6) is 0 Å². The maximum absolute atomic E-state index is 14.4. The second kappa shape index (κ2) is 13.5. The number of amides is 2. The molecule has 4 rings (SSSR count). The average molecular weight is 637 g/mol. The minimum Gasteiger partial charge on any atom is -0.326 e. The van der Waals surface area contributed by atoms with Crippen molar-refractivity contribution in [2.24, 2.45) is 5.92 Å². The molecule has 42 heavy (non-hydrogen) atoms. The number of hydrogen-bond donors (Lipinski definition) is 1. The zero-order valence-electron chi connectivity index (χ0n) is 24.5. The van der Waals surface area contributed by atoms with Crippen LogP contribution in [0.15, 0.2) is 54.6 Å². The van der Waals surface area contributed by atoms with Gasteiger partial charge in [-0.25, -0.2) is 18.2 Å². The lowest BCUT2D eigenvalue weighted by Gasteiger charge is -2.50. The molecule has 11 heteroatoms. The van der Waals surface area contributed by atoms with E-state index in [-0.39, 0.29) is 18.4 Å². The summed E-state index contributed by atoms with van der Waals surface area (Å²) in [5, 5.41) is 0.718. The summed E-state index contributed by atoms with van der Waals surface area (Å²) in [4.78, 5) is 35.8. The van der Waals surface area contributed by atoms with Gasteiger partial charge in [0.1, 0.15) is 0 Å². The predicted molar refractivity (Wildman–Crippen MR) is 166 cm³/mol. The molecule has 1 heterocycles. The van der Waals surface area contributed by atoms with E-state index in [1.165, 1.54) is 10.6 Å². The Labute approximate surface area is 259 Å². The molecule has 0 radical (unpaired) electrons. The Kier molecular flexibility index (Phi) is 10.4. The van der Waals surface area contributed by atoms with Crippen LogP contribution in [-0.4, -0.2) is 61.4 Å². The van der Waals surface area contributed by atoms with Crippen molar-refractivity contribution < 1.29 is 22.8 Å². The molecule has 2 aromatic carbocycles. The third-order valence-electron chi connectivity index (χ3n) is 8.72. The third kappa shape index (κ3) is 6.70. The highest BCUT2D eigenvalue weighted by atomic mass is 35.5. The lowest BCUT2D eigenvalue weighted by molar-refractivity contribution is -0.136. The monoisotopic (exact) mass is 635 g/mol. The van der Waals surface area contributed by atoms with E-state index >= 15 is 0 Å². The van der Waals surface area contributed by atoms with Crippen LogP contribution in [0.3, 0.4) is 0 Å². The molecule has 8 nitrogen and oxygen atoms in total. The van der Waals surface area contributed by atoms with E-state index in [1.54, 1.807) is 54.4 Å². The SMILES string of the molecule is C=C(CONC(=O)[C@@H]1c2ccccc2C(=O)N([C@H]2CCCC[C@@H]2N(C)S(C)(=O)=O)[C@H]1c1ccc(Cl)cc1Cl)C(C)CC. The summed E-state index contributed by atoms with van der Waals surface area (Å²) in [7, 11) is -2.01. The van der Waals surface area contributed by atoms with Gasteiger partial charge in [0.2, 0.25) is 10.0 Å². The van der Waals surface area contributed by atoms with Crippen molar-refractivity contribution in [3.05, 3.63) is 81.4 Å². The fourth-order valence-electron chi connectivity index (χ4n) is 6.05. The van der Waals surface area contributed by atoms with Gasteiger partial charge in [0.05, 0.1) is 24.8 Å². The zero-order valence-corrected chi connectivity index (χ0v) is 26.8. The van der Waals surface area contributed by atoms with Crippen LogP contribution in [0.4, 0.5) is 0 Å². The maximum atomic E-state index is 14.4. The van der Waals surface area contributed by atoms with Gasteiger partial charge in [0, 0.05) is 34.7 Å². The molecule has 1 aliphatic carbocycles. The number of sulfonamides is 1. The van der Waals surface area contributed by atoms with Crippen molar-refractivity contribution in [3.63, 3.8) is 0 Å². The van der Waals surface area contributed by atoms with E-state index in [4.69, 9.17) is 28.0 Å². The number of hydrogen-bond acceptors (Lipinski definition) is 5. The molecule has 1 unspecified atom stereocenters. The molecule has 228 valence electrons. The minimum atomic E-state index is -3.56. The number of nitrogens with zero attached hydrogens (tertiary/aromatic N) is 2. The Morgan fingerprint density at radius 1 is 1.17 bits per heavy atom. The Morgan fingerprint density at radius 3 is 2.52 bits per heavy atom. The van der Waals surface area contributed by atoms with E-state index in [1.807, 2.05) is 6.92 Å². The van der Waals surface area contributed by atoms with Gasteiger partial charge in [0.25, 0.3) is 11.8 Å². The summed E-state index contributed by atoms with van der Waals surface area (Å²) >= 11 is 13.0. The Morgan fingerprint density at radius 2 is 1.86 bits per heavy atom. The first kappa shape index (κ1) is 32.5. The molecule has 2 aliphatic rings. The van der Waals surface area contributed by atoms with Crippen molar-refractivity contribution in [1.29, 1.82) is 0 Å². The molecule has 0 spiro atoms. The number of hydroxylamine groups is 1. The zero-order chi connectivity index (χ0) is 30.8. The summed E-state index contributed by atoms with van der Waals surface area (Å²) in [6.45, 7) is 8.31. The molecule has 2 amide bonds. The lowest BCUT2D eigenvalue weighted by Crippen LogP contribution is -2.59. The molecule has 1 N–H and O–H groups in total. The second-order valence-electron chi connectivity index (χ2n) is 11.3. The van der Waals surface area contributed by atoms with Gasteiger partial charge in [-0.3, -0.25) is 14.4 Å². The van der Waals surface area contributed by atoms with Crippen LogP contribution < -0.4 is 5.48 Å². The largest absolute Gasteiger partial charge is 0.326 e. The quantitative estimate of drug-likeness (QED) is 0.250. The first-order valence-corrected chi connectivity index (χ1v) is 16.9. The molecule has 5 atom stereocenters. The first-order valence-electron chi connectivity index (χ1n) is 14.3. The Bertz CT molecular complexity index is 1450. The minimum absolute atomic E-state index is 0.147. The van der Waals surface area contributed by atoms with Crippen LogP contribution >= 0.6 is 23.2 Å². The van der Waals surface area contributed by atoms with E-state index in [0.717, 1.165) is 24.8 Å². The summed E-state index contributed by atoms with van der Waals surface area (Å²) in [6, 6.07) is 10.2. The van der Waals surface area contributed by atoms with Gasteiger partial charge in [0.15, 0.2) is 0 Å². The fourth-order valence-corrected chi connectivity index (χ4v) is 7.31. The smallest absolute Gasteiger partial charge is 0.255 e. The topological polar surface area (TPSA) is 96.0 Å². The van der Waals surface area contributed by atoms with Gasteiger partial charge in [-0.05, 0) is 60.1 Å². The van der Waals surface area contributed by atoms with E-state index in [0.29, 0.717) is 39.6 Å². The number of fused-ring (bicyclic) bond motifs is 1. The summed E-state index contributed by atoms with van der Waals surface area (Å²) in [6.07, 6.45) is 4.84. The number of likely N-dealkylation sites (N-methyl/N-ethyl adjacent to an activating group) is 1.